The minimum Gasteiger partial charge on any atom is -0.377 e. The Morgan fingerprint density at radius 1 is 1.21 bits per heavy atom. The Labute approximate surface area is 164 Å². The van der Waals surface area contributed by atoms with Crippen molar-refractivity contribution in [2.24, 2.45) is 0 Å². The van der Waals surface area contributed by atoms with E-state index in [0.717, 1.165) is 34.9 Å². The third-order valence-electron chi connectivity index (χ3n) is 4.93. The van der Waals surface area contributed by atoms with Crippen molar-refractivity contribution in [3.8, 4) is 11.4 Å². The number of carbonyl (C=O) groups excluding carboxylic acids is 1. The second-order valence-electron chi connectivity index (χ2n) is 6.97. The number of benzene rings is 1. The smallest absolute Gasteiger partial charge is 0.319 e. The van der Waals surface area contributed by atoms with E-state index in [1.807, 2.05) is 31.2 Å². The number of morpholine rings is 1. The lowest BCUT2D eigenvalue weighted by Gasteiger charge is -2.35. The van der Waals surface area contributed by atoms with Gasteiger partial charge in [0, 0.05) is 29.9 Å². The molecule has 4 rings (SSSR count). The number of aromatic nitrogens is 2. The summed E-state index contributed by atoms with van der Waals surface area (Å²) in [5.74, 6) is 1.61. The number of ether oxygens (including phenoxy) is 2. The summed E-state index contributed by atoms with van der Waals surface area (Å²) in [5, 5.41) is 5.51. The van der Waals surface area contributed by atoms with Crippen LogP contribution in [0.4, 0.5) is 16.3 Å². The van der Waals surface area contributed by atoms with E-state index < -0.39 is 0 Å². The lowest BCUT2D eigenvalue weighted by atomic mass is 10.1. The normalized spacial score (nSPS) is 18.6. The molecule has 0 aliphatic carbocycles. The molecule has 1 unspecified atom stereocenters. The third kappa shape index (κ3) is 3.79. The first kappa shape index (κ1) is 18.6. The van der Waals surface area contributed by atoms with Crippen LogP contribution in [0.5, 0.6) is 0 Å². The van der Waals surface area contributed by atoms with E-state index in [1.165, 1.54) is 0 Å². The van der Waals surface area contributed by atoms with Crippen molar-refractivity contribution in [2.45, 2.75) is 33.1 Å². The van der Waals surface area contributed by atoms with Crippen LogP contribution in [0.3, 0.4) is 0 Å². The van der Waals surface area contributed by atoms with Gasteiger partial charge in [-0.3, -0.25) is 0 Å². The number of hydrogen-bond donors (Lipinski definition) is 2. The van der Waals surface area contributed by atoms with Crippen LogP contribution in [0.15, 0.2) is 24.3 Å². The number of amides is 2. The predicted octanol–water partition coefficient (Wildman–Crippen LogP) is 2.54. The Hall–Kier alpha value is -2.71. The van der Waals surface area contributed by atoms with Gasteiger partial charge in [0.25, 0.3) is 0 Å². The zero-order valence-electron chi connectivity index (χ0n) is 16.2. The van der Waals surface area contributed by atoms with Crippen LogP contribution in [-0.2, 0) is 22.7 Å². The molecule has 0 radical (unpaired) electrons. The van der Waals surface area contributed by atoms with Gasteiger partial charge in [0.2, 0.25) is 0 Å². The first-order valence-electron chi connectivity index (χ1n) is 9.63. The second kappa shape index (κ2) is 8.12. The standard InChI is InChI=1S/C20H25N5O3/c1-3-21-20(26)22-15-6-4-14(5-7-15)18-23-17-12-28-11-16(17)19(24-18)25-8-9-27-10-13(25)2/h4-7,13H,3,8-12H2,1-2H3,(H2,21,22,26). The van der Waals surface area contributed by atoms with Crippen molar-refractivity contribution in [3.63, 3.8) is 0 Å². The van der Waals surface area contributed by atoms with Crippen molar-refractivity contribution < 1.29 is 14.3 Å². The number of rotatable bonds is 4. The van der Waals surface area contributed by atoms with E-state index in [9.17, 15) is 4.79 Å². The number of anilines is 2. The lowest BCUT2D eigenvalue weighted by Crippen LogP contribution is -2.44. The summed E-state index contributed by atoms with van der Waals surface area (Å²) in [4.78, 5) is 23.6. The average Bonchev–Trinajstić information content (AvgIpc) is 3.17. The summed E-state index contributed by atoms with van der Waals surface area (Å²) in [7, 11) is 0. The first-order chi connectivity index (χ1) is 13.7. The zero-order chi connectivity index (χ0) is 19.5. The fourth-order valence-electron chi connectivity index (χ4n) is 3.48. The highest BCUT2D eigenvalue weighted by Crippen LogP contribution is 2.32. The van der Waals surface area contributed by atoms with E-state index in [2.05, 4.69) is 22.5 Å². The van der Waals surface area contributed by atoms with Gasteiger partial charge in [0.05, 0.1) is 38.2 Å². The summed E-state index contributed by atoms with van der Waals surface area (Å²) in [6.07, 6.45) is 0. The minimum atomic E-state index is -0.218. The van der Waals surface area contributed by atoms with Gasteiger partial charge in [-0.2, -0.15) is 0 Å². The summed E-state index contributed by atoms with van der Waals surface area (Å²) in [6.45, 7) is 7.85. The first-order valence-corrected chi connectivity index (χ1v) is 9.63. The van der Waals surface area contributed by atoms with Crippen molar-refractivity contribution in [2.75, 3.05) is 36.5 Å². The SMILES string of the molecule is CCNC(=O)Nc1ccc(-c2nc3c(c(N4CCOCC4C)n2)COC3)cc1. The van der Waals surface area contributed by atoms with E-state index >= 15 is 0 Å². The molecule has 28 heavy (non-hydrogen) atoms. The molecule has 2 N–H and O–H groups in total. The van der Waals surface area contributed by atoms with E-state index in [-0.39, 0.29) is 12.1 Å². The second-order valence-corrected chi connectivity index (χ2v) is 6.97. The fraction of sp³-hybridized carbons (Fsp3) is 0.450. The molecule has 0 bridgehead atoms. The molecule has 3 heterocycles. The fourth-order valence-corrected chi connectivity index (χ4v) is 3.48. The highest BCUT2D eigenvalue weighted by molar-refractivity contribution is 5.89. The molecule has 0 saturated carbocycles. The summed E-state index contributed by atoms with van der Waals surface area (Å²) < 4.78 is 11.2. The Morgan fingerprint density at radius 3 is 2.79 bits per heavy atom. The highest BCUT2D eigenvalue weighted by Gasteiger charge is 2.28. The molecule has 2 amide bonds. The number of urea groups is 1. The van der Waals surface area contributed by atoms with Crippen LogP contribution in [-0.4, -0.2) is 48.3 Å². The Balaban J connectivity index is 1.63. The summed E-state index contributed by atoms with van der Waals surface area (Å²) in [6, 6.07) is 7.59. The third-order valence-corrected chi connectivity index (χ3v) is 4.93. The molecular formula is C20H25N5O3. The molecule has 1 aromatic carbocycles. The zero-order valence-corrected chi connectivity index (χ0v) is 16.2. The quantitative estimate of drug-likeness (QED) is 0.844. The average molecular weight is 383 g/mol. The largest absolute Gasteiger partial charge is 0.377 e. The minimum absolute atomic E-state index is 0.218. The Bertz CT molecular complexity index is 856. The number of nitrogens with one attached hydrogen (secondary N) is 2. The Kier molecular flexibility index (Phi) is 5.40. The van der Waals surface area contributed by atoms with Crippen LogP contribution < -0.4 is 15.5 Å². The van der Waals surface area contributed by atoms with E-state index in [4.69, 9.17) is 19.4 Å². The lowest BCUT2D eigenvalue weighted by molar-refractivity contribution is 0.0980. The maximum Gasteiger partial charge on any atom is 0.319 e. The molecule has 1 fully saturated rings. The summed E-state index contributed by atoms with van der Waals surface area (Å²) >= 11 is 0. The molecule has 8 nitrogen and oxygen atoms in total. The maximum absolute atomic E-state index is 11.7. The van der Waals surface area contributed by atoms with Crippen molar-refractivity contribution in [1.82, 2.24) is 15.3 Å². The molecule has 1 atom stereocenters. The van der Waals surface area contributed by atoms with Crippen LogP contribution in [0.25, 0.3) is 11.4 Å². The molecule has 1 aromatic heterocycles. The number of hydrogen-bond acceptors (Lipinski definition) is 6. The molecule has 2 aliphatic rings. The van der Waals surface area contributed by atoms with Gasteiger partial charge in [-0.1, -0.05) is 0 Å². The van der Waals surface area contributed by atoms with E-state index in [1.54, 1.807) is 0 Å². The van der Waals surface area contributed by atoms with Crippen molar-refractivity contribution in [1.29, 1.82) is 0 Å². The number of fused-ring (bicyclic) bond motifs is 1. The molecule has 8 heteroatoms. The van der Waals surface area contributed by atoms with Gasteiger partial charge >= 0.3 is 6.03 Å². The van der Waals surface area contributed by atoms with Crippen LogP contribution in [0.1, 0.15) is 25.1 Å². The number of nitrogens with zero attached hydrogens (tertiary/aromatic N) is 3. The monoisotopic (exact) mass is 383 g/mol. The topological polar surface area (TPSA) is 88.6 Å². The van der Waals surface area contributed by atoms with Crippen molar-refractivity contribution in [3.05, 3.63) is 35.5 Å². The maximum atomic E-state index is 11.7. The molecular weight excluding hydrogens is 358 g/mol. The predicted molar refractivity (Wildman–Crippen MR) is 106 cm³/mol. The van der Waals surface area contributed by atoms with Gasteiger partial charge in [-0.15, -0.1) is 0 Å². The van der Waals surface area contributed by atoms with Gasteiger partial charge in [0.1, 0.15) is 5.82 Å². The molecule has 2 aromatic rings. The van der Waals surface area contributed by atoms with Gasteiger partial charge in [-0.05, 0) is 38.1 Å². The molecule has 148 valence electrons. The summed E-state index contributed by atoms with van der Waals surface area (Å²) in [5.41, 5.74) is 3.65. The molecule has 2 aliphatic heterocycles. The van der Waals surface area contributed by atoms with Crippen LogP contribution in [0, 0.1) is 0 Å². The number of carbonyl (C=O) groups is 1. The van der Waals surface area contributed by atoms with Crippen molar-refractivity contribution >= 4 is 17.5 Å². The van der Waals surface area contributed by atoms with Crippen LogP contribution in [0.2, 0.25) is 0 Å². The molecule has 1 saturated heterocycles. The van der Waals surface area contributed by atoms with Gasteiger partial charge < -0.3 is 25.0 Å². The Morgan fingerprint density at radius 2 is 2.04 bits per heavy atom. The molecule has 0 spiro atoms. The van der Waals surface area contributed by atoms with Gasteiger partial charge in [-0.25, -0.2) is 14.8 Å². The highest BCUT2D eigenvalue weighted by atomic mass is 16.5. The van der Waals surface area contributed by atoms with E-state index in [0.29, 0.717) is 38.8 Å². The van der Waals surface area contributed by atoms with Crippen LogP contribution >= 0.6 is 0 Å². The van der Waals surface area contributed by atoms with Gasteiger partial charge in [0.15, 0.2) is 5.82 Å².